The Morgan fingerprint density at radius 2 is 1.43 bits per heavy atom. The van der Waals surface area contributed by atoms with Crippen LogP contribution in [0.4, 0.5) is 26.3 Å². The van der Waals surface area contributed by atoms with Crippen LogP contribution < -0.4 is 5.32 Å². The Kier molecular flexibility index (Phi) is 5.54. The molecule has 1 heterocycles. The highest BCUT2D eigenvalue weighted by Crippen LogP contribution is 2.36. The lowest BCUT2D eigenvalue weighted by Crippen LogP contribution is -2.16. The summed E-state index contributed by atoms with van der Waals surface area (Å²) in [6, 6.07) is 10.5. The third-order valence-corrected chi connectivity index (χ3v) is 4.37. The van der Waals surface area contributed by atoms with E-state index in [9.17, 15) is 26.3 Å². The first-order valence-corrected chi connectivity index (χ1v) is 8.45. The SMILES string of the molecule is FC(F)(F)c1cc(CNCc2cc3ccccc3nc2Cl)cc(C(F)(F)F)c1. The summed E-state index contributed by atoms with van der Waals surface area (Å²) >= 11 is 6.11. The highest BCUT2D eigenvalue weighted by Gasteiger charge is 2.36. The third kappa shape index (κ3) is 4.74. The second kappa shape index (κ2) is 7.60. The van der Waals surface area contributed by atoms with Gasteiger partial charge in [0.15, 0.2) is 0 Å². The van der Waals surface area contributed by atoms with Crippen LogP contribution in [-0.4, -0.2) is 4.98 Å². The number of pyridine rings is 1. The predicted molar refractivity (Wildman–Crippen MR) is 93.7 cm³/mol. The second-order valence-corrected chi connectivity index (χ2v) is 6.51. The summed E-state index contributed by atoms with van der Waals surface area (Å²) in [5, 5.41) is 3.86. The number of hydrogen-bond acceptors (Lipinski definition) is 2. The Morgan fingerprint density at radius 3 is 2.04 bits per heavy atom. The van der Waals surface area contributed by atoms with Gasteiger partial charge in [0.05, 0.1) is 16.6 Å². The number of fused-ring (bicyclic) bond motifs is 1. The van der Waals surface area contributed by atoms with Gasteiger partial charge < -0.3 is 5.32 Å². The zero-order chi connectivity index (χ0) is 20.5. The van der Waals surface area contributed by atoms with E-state index in [1.54, 1.807) is 18.2 Å². The summed E-state index contributed by atoms with van der Waals surface area (Å²) < 4.78 is 77.5. The highest BCUT2D eigenvalue weighted by atomic mass is 35.5. The molecular weight excluding hydrogens is 406 g/mol. The Labute approximate surface area is 161 Å². The molecule has 2 nitrogen and oxygen atoms in total. The van der Waals surface area contributed by atoms with Crippen LogP contribution in [0.3, 0.4) is 0 Å². The average Bonchev–Trinajstić information content (AvgIpc) is 2.60. The Bertz CT molecular complexity index is 966. The molecule has 0 fully saturated rings. The van der Waals surface area contributed by atoms with Crippen molar-refractivity contribution in [2.45, 2.75) is 25.4 Å². The Morgan fingerprint density at radius 1 is 0.821 bits per heavy atom. The summed E-state index contributed by atoms with van der Waals surface area (Å²) in [6.07, 6.45) is -9.75. The van der Waals surface area contributed by atoms with E-state index >= 15 is 0 Å². The van der Waals surface area contributed by atoms with E-state index in [2.05, 4.69) is 10.3 Å². The van der Waals surface area contributed by atoms with Gasteiger partial charge in [-0.1, -0.05) is 29.8 Å². The van der Waals surface area contributed by atoms with Gasteiger partial charge in [0.1, 0.15) is 5.15 Å². The lowest BCUT2D eigenvalue weighted by atomic mass is 10.0. The molecule has 0 amide bonds. The van der Waals surface area contributed by atoms with E-state index in [1.165, 1.54) is 0 Å². The van der Waals surface area contributed by atoms with Crippen LogP contribution in [0.5, 0.6) is 0 Å². The molecule has 3 rings (SSSR count). The largest absolute Gasteiger partial charge is 0.416 e. The van der Waals surface area contributed by atoms with Gasteiger partial charge in [-0.05, 0) is 35.9 Å². The molecule has 0 spiro atoms. The van der Waals surface area contributed by atoms with Crippen LogP contribution in [0, 0.1) is 0 Å². The van der Waals surface area contributed by atoms with Crippen molar-refractivity contribution in [3.8, 4) is 0 Å². The molecule has 0 aliphatic rings. The molecule has 1 aromatic heterocycles. The minimum absolute atomic E-state index is 0.105. The molecule has 0 aliphatic carbocycles. The second-order valence-electron chi connectivity index (χ2n) is 6.15. The van der Waals surface area contributed by atoms with Crippen LogP contribution in [0.25, 0.3) is 10.9 Å². The molecule has 0 saturated heterocycles. The van der Waals surface area contributed by atoms with Gasteiger partial charge in [-0.3, -0.25) is 0 Å². The zero-order valence-corrected chi connectivity index (χ0v) is 14.9. The molecule has 2 aromatic carbocycles. The lowest BCUT2D eigenvalue weighted by molar-refractivity contribution is -0.143. The first-order chi connectivity index (χ1) is 13.0. The summed E-state index contributed by atoms with van der Waals surface area (Å²) in [4.78, 5) is 4.22. The van der Waals surface area contributed by atoms with Crippen molar-refractivity contribution < 1.29 is 26.3 Å². The number of para-hydroxylation sites is 1. The highest BCUT2D eigenvalue weighted by molar-refractivity contribution is 6.30. The van der Waals surface area contributed by atoms with Gasteiger partial charge >= 0.3 is 12.4 Å². The van der Waals surface area contributed by atoms with E-state index in [-0.39, 0.29) is 29.9 Å². The van der Waals surface area contributed by atoms with E-state index in [1.807, 2.05) is 12.1 Å². The van der Waals surface area contributed by atoms with Crippen molar-refractivity contribution in [1.29, 1.82) is 0 Å². The number of benzene rings is 2. The van der Waals surface area contributed by atoms with Gasteiger partial charge in [-0.2, -0.15) is 26.3 Å². The van der Waals surface area contributed by atoms with E-state index in [0.717, 1.165) is 5.39 Å². The summed E-state index contributed by atoms with van der Waals surface area (Å²) in [5.41, 5.74) is -1.55. The molecule has 0 bridgehead atoms. The molecule has 1 N–H and O–H groups in total. The molecule has 28 heavy (non-hydrogen) atoms. The molecule has 0 saturated carbocycles. The third-order valence-electron chi connectivity index (χ3n) is 4.04. The van der Waals surface area contributed by atoms with Crippen LogP contribution in [0.2, 0.25) is 5.15 Å². The van der Waals surface area contributed by atoms with Gasteiger partial charge in [-0.25, -0.2) is 4.98 Å². The maximum Gasteiger partial charge on any atom is 0.416 e. The molecule has 0 atom stereocenters. The minimum atomic E-state index is -4.87. The van der Waals surface area contributed by atoms with Crippen LogP contribution in [0.15, 0.2) is 48.5 Å². The molecule has 0 radical (unpaired) electrons. The van der Waals surface area contributed by atoms with E-state index in [4.69, 9.17) is 11.6 Å². The quantitative estimate of drug-likeness (QED) is 0.402. The van der Waals surface area contributed by atoms with Crippen molar-refractivity contribution in [2.24, 2.45) is 0 Å². The lowest BCUT2D eigenvalue weighted by Gasteiger charge is -2.15. The molecule has 148 valence electrons. The number of rotatable bonds is 4. The molecule has 9 heteroatoms. The standard InChI is InChI=1S/C19H13ClF6N2/c20-17-13(7-12-3-1-2-4-16(12)28-17)10-27-9-11-5-14(18(21,22)23)8-15(6-11)19(24,25)26/h1-8,27H,9-10H2. The smallest absolute Gasteiger partial charge is 0.309 e. The minimum Gasteiger partial charge on any atom is -0.309 e. The molecule has 0 aliphatic heterocycles. The van der Waals surface area contributed by atoms with Gasteiger partial charge in [0, 0.05) is 24.0 Å². The van der Waals surface area contributed by atoms with Crippen molar-refractivity contribution in [3.63, 3.8) is 0 Å². The zero-order valence-electron chi connectivity index (χ0n) is 14.1. The van der Waals surface area contributed by atoms with E-state index in [0.29, 0.717) is 23.2 Å². The van der Waals surface area contributed by atoms with Crippen molar-refractivity contribution in [3.05, 3.63) is 75.9 Å². The number of hydrogen-bond donors (Lipinski definition) is 1. The molecular formula is C19H13ClF6N2. The summed E-state index contributed by atoms with van der Waals surface area (Å²) in [5.74, 6) is 0. The predicted octanol–water partition coefficient (Wildman–Crippen LogP) is 6.22. The maximum atomic E-state index is 12.9. The van der Waals surface area contributed by atoms with E-state index < -0.39 is 23.5 Å². The maximum absolute atomic E-state index is 12.9. The number of halogens is 7. The van der Waals surface area contributed by atoms with Crippen LogP contribution >= 0.6 is 11.6 Å². The number of alkyl halides is 6. The average molecular weight is 419 g/mol. The monoisotopic (exact) mass is 418 g/mol. The number of nitrogens with one attached hydrogen (secondary N) is 1. The Hall–Kier alpha value is -2.32. The van der Waals surface area contributed by atoms with Crippen LogP contribution in [0.1, 0.15) is 22.3 Å². The first-order valence-electron chi connectivity index (χ1n) is 8.07. The van der Waals surface area contributed by atoms with Crippen molar-refractivity contribution in [1.82, 2.24) is 10.3 Å². The molecule has 0 unspecified atom stereocenters. The van der Waals surface area contributed by atoms with Crippen LogP contribution in [-0.2, 0) is 25.4 Å². The first kappa shape index (κ1) is 20.4. The topological polar surface area (TPSA) is 24.9 Å². The fourth-order valence-corrected chi connectivity index (χ4v) is 2.94. The fraction of sp³-hybridized carbons (Fsp3) is 0.211. The Balaban J connectivity index is 1.80. The summed E-state index contributed by atoms with van der Waals surface area (Å²) in [6.45, 7) is -0.0651. The van der Waals surface area contributed by atoms with Gasteiger partial charge in [0.2, 0.25) is 0 Å². The number of aromatic nitrogens is 1. The fourth-order valence-electron chi connectivity index (χ4n) is 2.72. The van der Waals surface area contributed by atoms with Crippen molar-refractivity contribution >= 4 is 22.5 Å². The van der Waals surface area contributed by atoms with Gasteiger partial charge in [-0.15, -0.1) is 0 Å². The van der Waals surface area contributed by atoms with Gasteiger partial charge in [0.25, 0.3) is 0 Å². The number of nitrogens with zero attached hydrogens (tertiary/aromatic N) is 1. The summed E-state index contributed by atoms with van der Waals surface area (Å²) in [7, 11) is 0. The molecule has 3 aromatic rings. The van der Waals surface area contributed by atoms with Crippen molar-refractivity contribution in [2.75, 3.05) is 0 Å². The normalized spacial score (nSPS) is 12.5.